The van der Waals surface area contributed by atoms with Gasteiger partial charge in [0, 0.05) is 18.5 Å². The van der Waals surface area contributed by atoms with Crippen LogP contribution in [0.25, 0.3) is 10.9 Å². The molecule has 0 saturated heterocycles. The van der Waals surface area contributed by atoms with E-state index in [1.165, 1.54) is 6.92 Å². The second kappa shape index (κ2) is 7.00. The molecule has 0 fully saturated rings. The van der Waals surface area contributed by atoms with Crippen molar-refractivity contribution in [1.82, 2.24) is 4.57 Å². The quantitative estimate of drug-likeness (QED) is 0.732. The number of aromatic nitrogens is 1. The van der Waals surface area contributed by atoms with Gasteiger partial charge in [-0.05, 0) is 18.2 Å². The Hall–Kier alpha value is -3.08. The first-order valence-corrected chi connectivity index (χ1v) is 7.73. The van der Waals surface area contributed by atoms with Gasteiger partial charge < -0.3 is 14.6 Å². The molecule has 1 aromatic heterocycles. The smallest absolute Gasteiger partial charge is 0.338 e. The number of hydrogen-bond acceptors (Lipinski definition) is 3. The monoisotopic (exact) mass is 322 g/mol. The lowest BCUT2D eigenvalue weighted by Crippen LogP contribution is -2.11. The van der Waals surface area contributed by atoms with Gasteiger partial charge in [-0.2, -0.15) is 0 Å². The number of ether oxygens (including phenoxy) is 1. The molecule has 2 aromatic carbocycles. The molecule has 5 nitrogen and oxygen atoms in total. The predicted octanol–water partition coefficient (Wildman–Crippen LogP) is 3.46. The Bertz CT molecular complexity index is 869. The number of benzene rings is 2. The fraction of sp³-hybridized carbons (Fsp3) is 0.158. The summed E-state index contributed by atoms with van der Waals surface area (Å²) in [5.41, 5.74) is 2.28. The van der Waals surface area contributed by atoms with Crippen molar-refractivity contribution in [3.63, 3.8) is 0 Å². The van der Waals surface area contributed by atoms with Gasteiger partial charge in [0.15, 0.2) is 0 Å². The van der Waals surface area contributed by atoms with Gasteiger partial charge in [-0.1, -0.05) is 36.4 Å². The van der Waals surface area contributed by atoms with Crippen LogP contribution in [-0.2, 0) is 16.1 Å². The van der Waals surface area contributed by atoms with Gasteiger partial charge in [0.25, 0.3) is 0 Å². The fourth-order valence-electron chi connectivity index (χ4n) is 2.62. The molecular formula is C19H18N2O3. The standard InChI is InChI=1S/C19H18N2O3/c1-14(22)20-17-13-21(18-10-6-5-9-16(17)18)11-12-24-19(23)15-7-3-2-4-8-15/h2-10,13H,11-12H2,1H3,(H,20,22). The number of hydrogen-bond donors (Lipinski definition) is 1. The van der Waals surface area contributed by atoms with Gasteiger partial charge in [0.1, 0.15) is 6.61 Å². The average molecular weight is 322 g/mol. The number of nitrogens with one attached hydrogen (secondary N) is 1. The number of rotatable bonds is 5. The van der Waals surface area contributed by atoms with Gasteiger partial charge in [0.05, 0.1) is 23.3 Å². The number of para-hydroxylation sites is 1. The van der Waals surface area contributed by atoms with Crippen molar-refractivity contribution in [2.45, 2.75) is 13.5 Å². The van der Waals surface area contributed by atoms with Gasteiger partial charge in [-0.25, -0.2) is 4.79 Å². The molecule has 3 rings (SSSR count). The van der Waals surface area contributed by atoms with Gasteiger partial charge >= 0.3 is 5.97 Å². The Balaban J connectivity index is 1.71. The van der Waals surface area contributed by atoms with E-state index >= 15 is 0 Å². The zero-order chi connectivity index (χ0) is 16.9. The Morgan fingerprint density at radius 3 is 2.50 bits per heavy atom. The predicted molar refractivity (Wildman–Crippen MR) is 93.0 cm³/mol. The van der Waals surface area contributed by atoms with Crippen molar-refractivity contribution in [3.8, 4) is 0 Å². The van der Waals surface area contributed by atoms with Crippen molar-refractivity contribution < 1.29 is 14.3 Å². The molecule has 0 saturated carbocycles. The molecule has 0 aliphatic heterocycles. The summed E-state index contributed by atoms with van der Waals surface area (Å²) in [4.78, 5) is 23.3. The van der Waals surface area contributed by atoms with E-state index in [9.17, 15) is 9.59 Å². The summed E-state index contributed by atoms with van der Waals surface area (Å²) in [6.07, 6.45) is 1.86. The van der Waals surface area contributed by atoms with E-state index in [0.717, 1.165) is 16.6 Å². The molecular weight excluding hydrogens is 304 g/mol. The third-order valence-corrected chi connectivity index (χ3v) is 3.67. The molecule has 1 heterocycles. The molecule has 1 N–H and O–H groups in total. The van der Waals surface area contributed by atoms with Crippen LogP contribution in [0.5, 0.6) is 0 Å². The molecule has 5 heteroatoms. The topological polar surface area (TPSA) is 60.3 Å². The number of anilines is 1. The van der Waals surface area contributed by atoms with E-state index < -0.39 is 0 Å². The van der Waals surface area contributed by atoms with Crippen LogP contribution in [0, 0.1) is 0 Å². The minimum atomic E-state index is -0.339. The number of esters is 1. The number of carbonyl (C=O) groups excluding carboxylic acids is 2. The summed E-state index contributed by atoms with van der Waals surface area (Å²) in [5.74, 6) is -0.456. The molecule has 0 aliphatic carbocycles. The summed E-state index contributed by atoms with van der Waals surface area (Å²) in [5, 5.41) is 3.79. The van der Waals surface area contributed by atoms with E-state index in [1.807, 2.05) is 41.1 Å². The molecule has 0 bridgehead atoms. The maximum Gasteiger partial charge on any atom is 0.338 e. The molecule has 0 unspecified atom stereocenters. The maximum absolute atomic E-state index is 12.0. The Labute approximate surface area is 139 Å². The normalized spacial score (nSPS) is 10.5. The summed E-state index contributed by atoms with van der Waals surface area (Å²) in [7, 11) is 0. The second-order valence-corrected chi connectivity index (χ2v) is 5.44. The van der Waals surface area contributed by atoms with Crippen LogP contribution in [0.2, 0.25) is 0 Å². The fourth-order valence-corrected chi connectivity index (χ4v) is 2.62. The highest BCUT2D eigenvalue weighted by Gasteiger charge is 2.10. The van der Waals surface area contributed by atoms with Gasteiger partial charge in [-0.3, -0.25) is 4.79 Å². The molecule has 0 spiro atoms. The van der Waals surface area contributed by atoms with Gasteiger partial charge in [-0.15, -0.1) is 0 Å². The maximum atomic E-state index is 12.0. The van der Waals surface area contributed by atoms with Crippen LogP contribution in [0.15, 0.2) is 60.8 Å². The van der Waals surface area contributed by atoms with Crippen molar-refractivity contribution in [2.24, 2.45) is 0 Å². The van der Waals surface area contributed by atoms with Crippen LogP contribution < -0.4 is 5.32 Å². The molecule has 3 aromatic rings. The molecule has 0 atom stereocenters. The molecule has 1 amide bonds. The SMILES string of the molecule is CC(=O)Nc1cn(CCOC(=O)c2ccccc2)c2ccccc12. The first-order valence-electron chi connectivity index (χ1n) is 7.73. The van der Waals surface area contributed by atoms with Crippen molar-refractivity contribution in [3.05, 3.63) is 66.4 Å². The number of fused-ring (bicyclic) bond motifs is 1. The van der Waals surface area contributed by atoms with Crippen molar-refractivity contribution in [2.75, 3.05) is 11.9 Å². The molecule has 0 aliphatic rings. The van der Waals surface area contributed by atoms with Crippen LogP contribution in [-0.4, -0.2) is 23.1 Å². The van der Waals surface area contributed by atoms with Crippen molar-refractivity contribution in [1.29, 1.82) is 0 Å². The Morgan fingerprint density at radius 1 is 1.04 bits per heavy atom. The Morgan fingerprint density at radius 2 is 1.75 bits per heavy atom. The summed E-state index contributed by atoms with van der Waals surface area (Å²) in [6, 6.07) is 16.7. The molecule has 24 heavy (non-hydrogen) atoms. The van der Waals surface area contributed by atoms with E-state index in [-0.39, 0.29) is 18.5 Å². The first-order chi connectivity index (χ1) is 11.6. The average Bonchev–Trinajstić information content (AvgIpc) is 2.93. The van der Waals surface area contributed by atoms with Crippen LogP contribution >= 0.6 is 0 Å². The highest BCUT2D eigenvalue weighted by atomic mass is 16.5. The lowest BCUT2D eigenvalue weighted by Gasteiger charge is -2.07. The summed E-state index contributed by atoms with van der Waals surface area (Å²) in [6.45, 7) is 2.25. The molecule has 0 radical (unpaired) electrons. The van der Waals surface area contributed by atoms with Crippen molar-refractivity contribution >= 4 is 28.5 Å². The highest BCUT2D eigenvalue weighted by molar-refractivity contribution is 6.01. The zero-order valence-corrected chi connectivity index (χ0v) is 13.4. The largest absolute Gasteiger partial charge is 0.460 e. The number of amides is 1. The lowest BCUT2D eigenvalue weighted by atomic mass is 10.2. The van der Waals surface area contributed by atoms with E-state index in [0.29, 0.717) is 12.1 Å². The summed E-state index contributed by atoms with van der Waals surface area (Å²) < 4.78 is 7.30. The third-order valence-electron chi connectivity index (χ3n) is 3.67. The van der Waals surface area contributed by atoms with Crippen LogP contribution in [0.1, 0.15) is 17.3 Å². The van der Waals surface area contributed by atoms with Gasteiger partial charge in [0.2, 0.25) is 5.91 Å². The molecule has 122 valence electrons. The second-order valence-electron chi connectivity index (χ2n) is 5.44. The van der Waals surface area contributed by atoms with E-state index in [4.69, 9.17) is 4.74 Å². The lowest BCUT2D eigenvalue weighted by molar-refractivity contribution is -0.114. The minimum Gasteiger partial charge on any atom is -0.460 e. The third kappa shape index (κ3) is 3.46. The number of nitrogens with zero attached hydrogens (tertiary/aromatic N) is 1. The highest BCUT2D eigenvalue weighted by Crippen LogP contribution is 2.25. The van der Waals surface area contributed by atoms with E-state index in [1.54, 1.807) is 24.3 Å². The van der Waals surface area contributed by atoms with Crippen LogP contribution in [0.3, 0.4) is 0 Å². The Kier molecular flexibility index (Phi) is 4.61. The van der Waals surface area contributed by atoms with Crippen LogP contribution in [0.4, 0.5) is 5.69 Å². The number of carbonyl (C=O) groups is 2. The summed E-state index contributed by atoms with van der Waals surface area (Å²) >= 11 is 0. The zero-order valence-electron chi connectivity index (χ0n) is 13.4. The first kappa shape index (κ1) is 15.8. The van der Waals surface area contributed by atoms with E-state index in [2.05, 4.69) is 5.32 Å². The minimum absolute atomic E-state index is 0.117.